The van der Waals surface area contributed by atoms with E-state index in [0.29, 0.717) is 0 Å². The molecule has 0 spiro atoms. The van der Waals surface area contributed by atoms with Crippen LogP contribution in [0.4, 0.5) is 10.1 Å². The van der Waals surface area contributed by atoms with Crippen molar-refractivity contribution in [2.75, 3.05) is 5.73 Å². The van der Waals surface area contributed by atoms with Gasteiger partial charge in [0, 0.05) is 5.02 Å². The Morgan fingerprint density at radius 1 is 1.50 bits per heavy atom. The zero-order chi connectivity index (χ0) is 7.72. The number of benzene rings is 1. The van der Waals surface area contributed by atoms with E-state index in [1.54, 1.807) is 0 Å². The fourth-order valence-corrected chi connectivity index (χ4v) is 0.799. The van der Waals surface area contributed by atoms with E-state index in [0.717, 1.165) is 6.07 Å². The van der Waals surface area contributed by atoms with Crippen LogP contribution in [0.1, 0.15) is 0 Å². The molecule has 3 N–H and O–H groups in total. The highest BCUT2D eigenvalue weighted by molar-refractivity contribution is 6.30. The molecule has 0 amide bonds. The van der Waals surface area contributed by atoms with Gasteiger partial charge in [-0.1, -0.05) is 11.6 Å². The fraction of sp³-hybridized carbons (Fsp3) is 0. The molecule has 0 aromatic heterocycles. The molecule has 0 radical (unpaired) electrons. The maximum Gasteiger partial charge on any atom is 0.174 e. The summed E-state index contributed by atoms with van der Waals surface area (Å²) in [5.41, 5.74) is 5.10. The van der Waals surface area contributed by atoms with E-state index in [2.05, 4.69) is 0 Å². The molecule has 0 heterocycles. The van der Waals surface area contributed by atoms with E-state index in [1.165, 1.54) is 6.07 Å². The van der Waals surface area contributed by atoms with Gasteiger partial charge in [0.2, 0.25) is 0 Å². The molecular weight excluding hydrogens is 157 g/mol. The molecular formula is C6H5ClFNO. The second-order valence-electron chi connectivity index (χ2n) is 1.83. The summed E-state index contributed by atoms with van der Waals surface area (Å²) in [5, 5.41) is 8.95. The molecule has 1 aromatic carbocycles. The summed E-state index contributed by atoms with van der Waals surface area (Å²) in [6.45, 7) is 0. The highest BCUT2D eigenvalue weighted by Crippen LogP contribution is 2.27. The second kappa shape index (κ2) is 2.34. The maximum atomic E-state index is 12.4. The molecule has 2 nitrogen and oxygen atoms in total. The SMILES string of the molecule is Nc1cc(Cl)cc(F)c1O. The number of nitrogen functional groups attached to an aromatic ring is 1. The summed E-state index contributed by atoms with van der Waals surface area (Å²) in [6, 6.07) is 2.27. The Morgan fingerprint density at radius 2 is 2.10 bits per heavy atom. The van der Waals surface area contributed by atoms with E-state index in [1.807, 2.05) is 0 Å². The Morgan fingerprint density at radius 3 is 2.60 bits per heavy atom. The number of rotatable bonds is 0. The van der Waals surface area contributed by atoms with E-state index in [9.17, 15) is 4.39 Å². The lowest BCUT2D eigenvalue weighted by atomic mass is 10.3. The van der Waals surface area contributed by atoms with Crippen LogP contribution >= 0.6 is 11.6 Å². The average Bonchev–Trinajstić information content (AvgIpc) is 1.82. The quantitative estimate of drug-likeness (QED) is 0.450. The molecule has 0 aliphatic carbocycles. The summed E-state index contributed by atoms with van der Waals surface area (Å²) >= 11 is 5.39. The number of halogens is 2. The smallest absolute Gasteiger partial charge is 0.174 e. The van der Waals surface area contributed by atoms with E-state index in [-0.39, 0.29) is 10.7 Å². The Balaban J connectivity index is 3.31. The lowest BCUT2D eigenvalue weighted by molar-refractivity contribution is 0.435. The van der Waals surface area contributed by atoms with Crippen molar-refractivity contribution in [3.05, 3.63) is 23.0 Å². The first-order chi connectivity index (χ1) is 4.61. The fourth-order valence-electron chi connectivity index (χ4n) is 0.586. The average molecular weight is 162 g/mol. The molecule has 4 heteroatoms. The third-order valence-electron chi connectivity index (χ3n) is 1.06. The minimum atomic E-state index is -0.801. The second-order valence-corrected chi connectivity index (χ2v) is 2.26. The highest BCUT2D eigenvalue weighted by atomic mass is 35.5. The monoisotopic (exact) mass is 161 g/mol. The summed E-state index contributed by atoms with van der Waals surface area (Å²) in [5.74, 6) is -1.35. The van der Waals surface area contributed by atoms with Crippen molar-refractivity contribution in [3.63, 3.8) is 0 Å². The molecule has 0 saturated carbocycles. The van der Waals surface area contributed by atoms with Gasteiger partial charge in [0.25, 0.3) is 0 Å². The lowest BCUT2D eigenvalue weighted by Gasteiger charge is -1.98. The van der Waals surface area contributed by atoms with Crippen LogP contribution < -0.4 is 5.73 Å². The molecule has 0 fully saturated rings. The van der Waals surface area contributed by atoms with Crippen molar-refractivity contribution in [3.8, 4) is 5.75 Å². The first kappa shape index (κ1) is 7.15. The van der Waals surface area contributed by atoms with Gasteiger partial charge in [0.15, 0.2) is 11.6 Å². The topological polar surface area (TPSA) is 46.2 Å². The first-order valence-corrected chi connectivity index (χ1v) is 2.92. The van der Waals surface area contributed by atoms with Crippen LogP contribution in [0.2, 0.25) is 5.02 Å². The predicted octanol–water partition coefficient (Wildman–Crippen LogP) is 1.77. The van der Waals surface area contributed by atoms with Crippen molar-refractivity contribution in [1.29, 1.82) is 0 Å². The number of nitrogens with two attached hydrogens (primary N) is 1. The maximum absolute atomic E-state index is 12.4. The minimum absolute atomic E-state index is 0.0509. The predicted molar refractivity (Wildman–Crippen MR) is 37.5 cm³/mol. The summed E-state index contributed by atoms with van der Waals surface area (Å²) in [4.78, 5) is 0. The zero-order valence-corrected chi connectivity index (χ0v) is 5.69. The highest BCUT2D eigenvalue weighted by Gasteiger charge is 2.04. The third-order valence-corrected chi connectivity index (χ3v) is 1.28. The molecule has 0 saturated heterocycles. The number of phenolic OH excluding ortho intramolecular Hbond substituents is 1. The Hall–Kier alpha value is -0.960. The Bertz CT molecular complexity index is 241. The van der Waals surface area contributed by atoms with Crippen LogP contribution in [0.25, 0.3) is 0 Å². The van der Waals surface area contributed by atoms with Crippen LogP contribution in [0.15, 0.2) is 12.1 Å². The molecule has 1 aromatic rings. The Labute approximate surface area is 62.0 Å². The van der Waals surface area contributed by atoms with Crippen LogP contribution in [0.3, 0.4) is 0 Å². The number of hydrogen-bond donors (Lipinski definition) is 2. The normalized spacial score (nSPS) is 9.80. The van der Waals surface area contributed by atoms with Gasteiger partial charge >= 0.3 is 0 Å². The molecule has 54 valence electrons. The van der Waals surface area contributed by atoms with E-state index < -0.39 is 11.6 Å². The van der Waals surface area contributed by atoms with Crippen LogP contribution in [0.5, 0.6) is 5.75 Å². The largest absolute Gasteiger partial charge is 0.503 e. The van der Waals surface area contributed by atoms with Crippen LogP contribution in [-0.2, 0) is 0 Å². The third kappa shape index (κ3) is 1.14. The summed E-state index contributed by atoms with van der Waals surface area (Å²) < 4.78 is 12.4. The standard InChI is InChI=1S/C6H5ClFNO/c7-3-1-4(8)6(10)5(9)2-3/h1-2,10H,9H2. The molecule has 0 bridgehead atoms. The minimum Gasteiger partial charge on any atom is -0.503 e. The van der Waals surface area contributed by atoms with Gasteiger partial charge in [-0.25, -0.2) is 4.39 Å². The molecule has 0 unspecified atom stereocenters. The molecule has 10 heavy (non-hydrogen) atoms. The number of hydrogen-bond acceptors (Lipinski definition) is 2. The number of phenols is 1. The molecule has 0 atom stereocenters. The van der Waals surface area contributed by atoms with E-state index in [4.69, 9.17) is 22.4 Å². The van der Waals surface area contributed by atoms with Gasteiger partial charge in [-0.05, 0) is 12.1 Å². The van der Waals surface area contributed by atoms with Gasteiger partial charge < -0.3 is 10.8 Å². The van der Waals surface area contributed by atoms with Gasteiger partial charge in [0.05, 0.1) is 5.69 Å². The van der Waals surface area contributed by atoms with Crippen molar-refractivity contribution >= 4 is 17.3 Å². The molecule has 1 rings (SSSR count). The Kier molecular flexibility index (Phi) is 1.68. The summed E-state index contributed by atoms with van der Waals surface area (Å²) in [7, 11) is 0. The summed E-state index contributed by atoms with van der Waals surface area (Å²) in [6.07, 6.45) is 0. The number of aromatic hydroxyl groups is 1. The first-order valence-electron chi connectivity index (χ1n) is 2.54. The van der Waals surface area contributed by atoms with Crippen LogP contribution in [-0.4, -0.2) is 5.11 Å². The lowest BCUT2D eigenvalue weighted by Crippen LogP contribution is -1.87. The van der Waals surface area contributed by atoms with Gasteiger partial charge in [-0.15, -0.1) is 0 Å². The van der Waals surface area contributed by atoms with Crippen molar-refractivity contribution < 1.29 is 9.50 Å². The van der Waals surface area contributed by atoms with Gasteiger partial charge in [-0.2, -0.15) is 0 Å². The van der Waals surface area contributed by atoms with E-state index >= 15 is 0 Å². The van der Waals surface area contributed by atoms with Gasteiger partial charge in [0.1, 0.15) is 0 Å². The van der Waals surface area contributed by atoms with Gasteiger partial charge in [-0.3, -0.25) is 0 Å². The van der Waals surface area contributed by atoms with Crippen molar-refractivity contribution in [2.24, 2.45) is 0 Å². The number of anilines is 1. The molecule has 0 aliphatic rings. The zero-order valence-electron chi connectivity index (χ0n) is 4.94. The van der Waals surface area contributed by atoms with Crippen LogP contribution in [0, 0.1) is 5.82 Å². The van der Waals surface area contributed by atoms with Crippen molar-refractivity contribution in [2.45, 2.75) is 0 Å². The molecule has 0 aliphatic heterocycles. The van der Waals surface area contributed by atoms with Crippen molar-refractivity contribution in [1.82, 2.24) is 0 Å².